The highest BCUT2D eigenvalue weighted by atomic mass is 127. The summed E-state index contributed by atoms with van der Waals surface area (Å²) in [6.07, 6.45) is 1.52. The van der Waals surface area contributed by atoms with Gasteiger partial charge < -0.3 is 5.11 Å². The minimum absolute atomic E-state index is 0.143. The third-order valence-electron chi connectivity index (χ3n) is 3.91. The van der Waals surface area contributed by atoms with Gasteiger partial charge in [0.1, 0.15) is 5.75 Å². The highest BCUT2D eigenvalue weighted by Crippen LogP contribution is 2.28. The van der Waals surface area contributed by atoms with Gasteiger partial charge in [-0.2, -0.15) is 0 Å². The van der Waals surface area contributed by atoms with Gasteiger partial charge >= 0.3 is 0 Å². The quantitative estimate of drug-likeness (QED) is 0.421. The van der Waals surface area contributed by atoms with E-state index >= 15 is 0 Å². The van der Waals surface area contributed by atoms with E-state index in [0.717, 1.165) is 15.9 Å². The second-order valence-electron chi connectivity index (χ2n) is 5.49. The van der Waals surface area contributed by atoms with Crippen molar-refractivity contribution < 1.29 is 5.11 Å². The maximum absolute atomic E-state index is 12.8. The molecule has 0 aliphatic rings. The number of halogens is 2. The van der Waals surface area contributed by atoms with Gasteiger partial charge in [-0.25, -0.2) is 9.67 Å². The van der Waals surface area contributed by atoms with Crippen LogP contribution in [0.5, 0.6) is 5.75 Å². The summed E-state index contributed by atoms with van der Waals surface area (Å²) >= 11 is 5.45. The molecule has 0 aliphatic heterocycles. The van der Waals surface area contributed by atoms with Crippen molar-refractivity contribution in [2.24, 2.45) is 12.0 Å². The molecule has 0 fully saturated rings. The molecule has 0 amide bonds. The van der Waals surface area contributed by atoms with Crippen molar-refractivity contribution in [3.8, 4) is 11.4 Å². The van der Waals surface area contributed by atoms with Crippen LogP contribution in [0.3, 0.4) is 0 Å². The minimum atomic E-state index is -0.202. The van der Waals surface area contributed by atoms with E-state index in [1.54, 1.807) is 15.4 Å². The summed E-state index contributed by atoms with van der Waals surface area (Å²) in [4.78, 5) is 17.2. The van der Waals surface area contributed by atoms with Crippen molar-refractivity contribution in [2.45, 2.75) is 6.92 Å². The van der Waals surface area contributed by atoms with E-state index in [1.165, 1.54) is 6.21 Å². The molecule has 0 unspecified atom stereocenters. The molecule has 25 heavy (non-hydrogen) atoms. The average Bonchev–Trinajstić information content (AvgIpc) is 2.80. The summed E-state index contributed by atoms with van der Waals surface area (Å²) in [6.45, 7) is 1.85. The molecule has 1 heterocycles. The van der Waals surface area contributed by atoms with Crippen LogP contribution in [0.25, 0.3) is 5.69 Å². The van der Waals surface area contributed by atoms with Gasteiger partial charge in [0.25, 0.3) is 5.56 Å². The van der Waals surface area contributed by atoms with Crippen LogP contribution in [-0.2, 0) is 7.05 Å². The first-order valence-electron chi connectivity index (χ1n) is 7.46. The molecule has 0 radical (unpaired) electrons. The van der Waals surface area contributed by atoms with E-state index in [9.17, 15) is 9.90 Å². The summed E-state index contributed by atoms with van der Waals surface area (Å²) in [5.41, 5.74) is 2.22. The van der Waals surface area contributed by atoms with Crippen LogP contribution >= 0.6 is 38.5 Å². The van der Waals surface area contributed by atoms with Gasteiger partial charge in [0, 0.05) is 23.3 Å². The third kappa shape index (κ3) is 3.43. The predicted octanol–water partition coefficient (Wildman–Crippen LogP) is 4.31. The van der Waals surface area contributed by atoms with Gasteiger partial charge in [0.05, 0.1) is 15.0 Å². The number of hydrogen-bond donors (Lipinski definition) is 1. The Kier molecular flexibility index (Phi) is 5.14. The Morgan fingerprint density at radius 2 is 1.92 bits per heavy atom. The second-order valence-corrected chi connectivity index (χ2v) is 7.57. The lowest BCUT2D eigenvalue weighted by Gasteiger charge is -2.07. The zero-order chi connectivity index (χ0) is 18.1. The molecule has 3 rings (SSSR count). The molecular formula is C18H15BrIN3O2. The van der Waals surface area contributed by atoms with Gasteiger partial charge in [-0.15, -0.1) is 0 Å². The van der Waals surface area contributed by atoms with Crippen LogP contribution in [0, 0.1) is 10.5 Å². The monoisotopic (exact) mass is 511 g/mol. The summed E-state index contributed by atoms with van der Waals surface area (Å²) in [7, 11) is 1.82. The van der Waals surface area contributed by atoms with Crippen LogP contribution in [0.2, 0.25) is 0 Å². The fourth-order valence-electron chi connectivity index (χ4n) is 2.52. The van der Waals surface area contributed by atoms with Gasteiger partial charge in [0.15, 0.2) is 5.69 Å². The number of nitrogens with zero attached hydrogens (tertiary/aromatic N) is 3. The molecule has 1 aromatic heterocycles. The van der Waals surface area contributed by atoms with Crippen LogP contribution < -0.4 is 5.56 Å². The van der Waals surface area contributed by atoms with Crippen LogP contribution in [0.1, 0.15) is 11.3 Å². The maximum Gasteiger partial charge on any atom is 0.297 e. The summed E-state index contributed by atoms with van der Waals surface area (Å²) in [6, 6.07) is 13.0. The molecule has 128 valence electrons. The van der Waals surface area contributed by atoms with Crippen molar-refractivity contribution in [2.75, 3.05) is 0 Å². The zero-order valence-electron chi connectivity index (χ0n) is 13.6. The van der Waals surface area contributed by atoms with Gasteiger partial charge in [-0.05, 0) is 53.8 Å². The standard InChI is InChI=1S/C18H15BrIN3O2/c1-11-16(21-10-12-8-13(19)9-15(20)17(12)24)18(25)23(22(11)2)14-6-4-3-5-7-14/h3-10,24H,1-2H3. The number of para-hydroxylation sites is 1. The van der Waals surface area contributed by atoms with Gasteiger partial charge in [-0.3, -0.25) is 9.48 Å². The molecule has 2 aromatic carbocycles. The lowest BCUT2D eigenvalue weighted by Crippen LogP contribution is -2.19. The number of phenols is 1. The van der Waals surface area contributed by atoms with Gasteiger partial charge in [-0.1, -0.05) is 34.1 Å². The first-order valence-corrected chi connectivity index (χ1v) is 9.33. The molecular weight excluding hydrogens is 497 g/mol. The Hall–Kier alpha value is -1.87. The minimum Gasteiger partial charge on any atom is -0.506 e. The second kappa shape index (κ2) is 7.17. The van der Waals surface area contributed by atoms with E-state index in [-0.39, 0.29) is 11.3 Å². The molecule has 0 atom stereocenters. The fraction of sp³-hybridized carbons (Fsp3) is 0.111. The Morgan fingerprint density at radius 3 is 2.60 bits per heavy atom. The highest BCUT2D eigenvalue weighted by Gasteiger charge is 2.15. The topological polar surface area (TPSA) is 59.5 Å². The zero-order valence-corrected chi connectivity index (χ0v) is 17.3. The number of aromatic nitrogens is 2. The van der Waals surface area contributed by atoms with Gasteiger partial charge in [0.2, 0.25) is 0 Å². The van der Waals surface area contributed by atoms with E-state index < -0.39 is 0 Å². The van der Waals surface area contributed by atoms with E-state index in [0.29, 0.717) is 14.8 Å². The van der Waals surface area contributed by atoms with Crippen molar-refractivity contribution in [3.63, 3.8) is 0 Å². The molecule has 1 N–H and O–H groups in total. The Balaban J connectivity index is 2.10. The first kappa shape index (κ1) is 17.9. The average molecular weight is 512 g/mol. The molecule has 0 bridgehead atoms. The number of rotatable bonds is 3. The number of benzene rings is 2. The Labute approximate surface area is 166 Å². The van der Waals surface area contributed by atoms with Crippen molar-refractivity contribution in [1.82, 2.24) is 9.36 Å². The summed E-state index contributed by atoms with van der Waals surface area (Å²) < 4.78 is 4.89. The molecule has 5 nitrogen and oxygen atoms in total. The molecule has 0 aliphatic carbocycles. The molecule has 0 saturated heterocycles. The smallest absolute Gasteiger partial charge is 0.297 e. The number of aliphatic imine (C=N–C) groups is 1. The maximum atomic E-state index is 12.8. The normalized spacial score (nSPS) is 11.4. The largest absolute Gasteiger partial charge is 0.506 e. The molecule has 7 heteroatoms. The van der Waals surface area contributed by atoms with Crippen molar-refractivity contribution in [3.05, 3.63) is 72.1 Å². The molecule has 3 aromatic rings. The molecule has 0 saturated carbocycles. The van der Waals surface area contributed by atoms with Crippen LogP contribution in [-0.4, -0.2) is 20.7 Å². The van der Waals surface area contributed by atoms with Crippen molar-refractivity contribution >= 4 is 50.4 Å². The summed E-state index contributed by atoms with van der Waals surface area (Å²) in [5, 5.41) is 10.2. The van der Waals surface area contributed by atoms with Crippen molar-refractivity contribution in [1.29, 1.82) is 0 Å². The van der Waals surface area contributed by atoms with E-state index in [1.807, 2.05) is 73.0 Å². The van der Waals surface area contributed by atoms with E-state index in [4.69, 9.17) is 0 Å². The summed E-state index contributed by atoms with van der Waals surface area (Å²) in [5.74, 6) is 0.143. The van der Waals surface area contributed by atoms with E-state index in [2.05, 4.69) is 20.9 Å². The fourth-order valence-corrected chi connectivity index (χ4v) is 4.07. The number of hydrogen-bond acceptors (Lipinski definition) is 3. The Morgan fingerprint density at radius 1 is 1.24 bits per heavy atom. The SMILES string of the molecule is Cc1c(N=Cc2cc(Br)cc(I)c2O)c(=O)n(-c2ccccc2)n1C. The lowest BCUT2D eigenvalue weighted by molar-refractivity contribution is 0.470. The van der Waals surface area contributed by atoms with Crippen LogP contribution in [0.15, 0.2) is 56.7 Å². The predicted molar refractivity (Wildman–Crippen MR) is 112 cm³/mol. The van der Waals surface area contributed by atoms with Crippen LogP contribution in [0.4, 0.5) is 5.69 Å². The Bertz CT molecular complexity index is 1020. The number of phenolic OH excluding ortho intramolecular Hbond substituents is 1. The highest BCUT2D eigenvalue weighted by molar-refractivity contribution is 14.1. The molecule has 0 spiro atoms. The first-order chi connectivity index (χ1) is 11.9. The third-order valence-corrected chi connectivity index (χ3v) is 5.19. The number of aromatic hydroxyl groups is 1. The lowest BCUT2D eigenvalue weighted by atomic mass is 10.2.